The van der Waals surface area contributed by atoms with Crippen molar-refractivity contribution in [1.29, 1.82) is 0 Å². The van der Waals surface area contributed by atoms with E-state index >= 15 is 0 Å². The summed E-state index contributed by atoms with van der Waals surface area (Å²) in [6.07, 6.45) is 2.36. The van der Waals surface area contributed by atoms with Crippen LogP contribution in [0.4, 0.5) is 0 Å². The summed E-state index contributed by atoms with van der Waals surface area (Å²) in [5.74, 6) is 1.04. The highest BCUT2D eigenvalue weighted by molar-refractivity contribution is 5.44. The van der Waals surface area contributed by atoms with Crippen LogP contribution in [0.5, 0.6) is 5.75 Å². The molecule has 1 atom stereocenters. The number of morpholine rings is 1. The number of methoxy groups -OCH3 is 1. The number of hydrogen-bond acceptors (Lipinski definition) is 4. The van der Waals surface area contributed by atoms with Crippen LogP contribution >= 0.6 is 0 Å². The van der Waals surface area contributed by atoms with E-state index in [1.54, 1.807) is 7.11 Å². The van der Waals surface area contributed by atoms with E-state index in [0.29, 0.717) is 6.04 Å². The SMILES string of the molecule is CCC1Cc2cc(CN3CCOCC3)c(OC)cc2CN1C. The summed E-state index contributed by atoms with van der Waals surface area (Å²) in [5.41, 5.74) is 4.26. The quantitative estimate of drug-likeness (QED) is 0.852. The monoisotopic (exact) mass is 304 g/mol. The fourth-order valence-corrected chi connectivity index (χ4v) is 3.63. The number of benzene rings is 1. The van der Waals surface area contributed by atoms with Crippen molar-refractivity contribution >= 4 is 0 Å². The maximum absolute atomic E-state index is 5.66. The number of ether oxygens (including phenoxy) is 2. The molecule has 0 bridgehead atoms. The lowest BCUT2D eigenvalue weighted by Gasteiger charge is -2.34. The van der Waals surface area contributed by atoms with Crippen LogP contribution < -0.4 is 4.74 Å². The van der Waals surface area contributed by atoms with Gasteiger partial charge in [-0.05, 0) is 37.1 Å². The van der Waals surface area contributed by atoms with Crippen molar-refractivity contribution < 1.29 is 9.47 Å². The van der Waals surface area contributed by atoms with E-state index in [4.69, 9.17) is 9.47 Å². The Kier molecular flexibility index (Phi) is 5.01. The molecule has 0 spiro atoms. The van der Waals surface area contributed by atoms with Gasteiger partial charge in [-0.3, -0.25) is 9.80 Å². The summed E-state index contributed by atoms with van der Waals surface area (Å²) in [5, 5.41) is 0. The molecule has 1 saturated heterocycles. The highest BCUT2D eigenvalue weighted by Gasteiger charge is 2.24. The Morgan fingerprint density at radius 1 is 1.23 bits per heavy atom. The minimum absolute atomic E-state index is 0.664. The Balaban J connectivity index is 1.83. The first-order chi connectivity index (χ1) is 10.7. The average molecular weight is 304 g/mol. The first kappa shape index (κ1) is 15.8. The van der Waals surface area contributed by atoms with Gasteiger partial charge in [-0.25, -0.2) is 0 Å². The van der Waals surface area contributed by atoms with Crippen LogP contribution in [0.1, 0.15) is 30.0 Å². The van der Waals surface area contributed by atoms with Gasteiger partial charge in [0.1, 0.15) is 5.75 Å². The molecule has 2 heterocycles. The summed E-state index contributed by atoms with van der Waals surface area (Å²) >= 11 is 0. The van der Waals surface area contributed by atoms with E-state index < -0.39 is 0 Å². The van der Waals surface area contributed by atoms with Gasteiger partial charge in [0.05, 0.1) is 20.3 Å². The second kappa shape index (κ2) is 6.99. The molecule has 0 aliphatic carbocycles. The molecule has 4 heteroatoms. The minimum atomic E-state index is 0.664. The van der Waals surface area contributed by atoms with Gasteiger partial charge < -0.3 is 9.47 Å². The van der Waals surface area contributed by atoms with E-state index in [-0.39, 0.29) is 0 Å². The van der Waals surface area contributed by atoms with E-state index in [1.807, 2.05) is 0 Å². The molecule has 2 aliphatic rings. The van der Waals surface area contributed by atoms with Crippen molar-refractivity contribution in [3.8, 4) is 5.75 Å². The third-order valence-electron chi connectivity index (χ3n) is 5.07. The number of nitrogens with zero attached hydrogens (tertiary/aromatic N) is 2. The third kappa shape index (κ3) is 3.29. The van der Waals surface area contributed by atoms with Crippen LogP contribution in [0, 0.1) is 0 Å². The maximum atomic E-state index is 5.66. The Labute approximate surface area is 134 Å². The molecule has 1 aromatic rings. The van der Waals surface area contributed by atoms with Crippen LogP contribution in [-0.2, 0) is 24.2 Å². The summed E-state index contributed by atoms with van der Waals surface area (Å²) in [4.78, 5) is 4.92. The first-order valence-electron chi connectivity index (χ1n) is 8.40. The molecule has 0 aromatic heterocycles. The van der Waals surface area contributed by atoms with Gasteiger partial charge in [0.25, 0.3) is 0 Å². The highest BCUT2D eigenvalue weighted by atomic mass is 16.5. The highest BCUT2D eigenvalue weighted by Crippen LogP contribution is 2.31. The minimum Gasteiger partial charge on any atom is -0.496 e. The fourth-order valence-electron chi connectivity index (χ4n) is 3.63. The lowest BCUT2D eigenvalue weighted by atomic mass is 9.91. The number of fused-ring (bicyclic) bond motifs is 1. The zero-order chi connectivity index (χ0) is 15.5. The molecule has 22 heavy (non-hydrogen) atoms. The van der Waals surface area contributed by atoms with Gasteiger partial charge >= 0.3 is 0 Å². The Bertz CT molecular complexity index is 512. The van der Waals surface area contributed by atoms with E-state index in [0.717, 1.165) is 51.6 Å². The molecule has 0 radical (unpaired) electrons. The maximum Gasteiger partial charge on any atom is 0.123 e. The van der Waals surface area contributed by atoms with Crippen molar-refractivity contribution in [1.82, 2.24) is 9.80 Å². The van der Waals surface area contributed by atoms with Crippen LogP contribution in [0.2, 0.25) is 0 Å². The molecule has 2 aliphatic heterocycles. The van der Waals surface area contributed by atoms with Crippen molar-refractivity contribution in [2.45, 2.75) is 38.9 Å². The zero-order valence-corrected chi connectivity index (χ0v) is 14.1. The van der Waals surface area contributed by atoms with E-state index in [1.165, 1.54) is 23.1 Å². The summed E-state index contributed by atoms with van der Waals surface area (Å²) in [7, 11) is 4.01. The molecule has 0 N–H and O–H groups in total. The van der Waals surface area contributed by atoms with Gasteiger partial charge in [0, 0.05) is 37.8 Å². The Hall–Kier alpha value is -1.10. The molecular formula is C18H28N2O2. The largest absolute Gasteiger partial charge is 0.496 e. The van der Waals surface area contributed by atoms with Gasteiger partial charge in [-0.2, -0.15) is 0 Å². The molecule has 1 fully saturated rings. The second-order valence-electron chi connectivity index (χ2n) is 6.50. The Morgan fingerprint density at radius 3 is 2.68 bits per heavy atom. The van der Waals surface area contributed by atoms with E-state index in [9.17, 15) is 0 Å². The summed E-state index contributed by atoms with van der Waals surface area (Å²) in [6, 6.07) is 5.31. The lowest BCUT2D eigenvalue weighted by molar-refractivity contribution is 0.0338. The Morgan fingerprint density at radius 2 is 2.00 bits per heavy atom. The van der Waals surface area contributed by atoms with Crippen molar-refractivity contribution in [2.24, 2.45) is 0 Å². The van der Waals surface area contributed by atoms with Crippen molar-refractivity contribution in [3.63, 3.8) is 0 Å². The standard InChI is InChI=1S/C18H28N2O2/c1-4-17-10-14-9-16(13-20-5-7-22-8-6-20)18(21-3)11-15(14)12-19(17)2/h9,11,17H,4-8,10,12-13H2,1-3H3. The summed E-state index contributed by atoms with van der Waals surface area (Å²) in [6.45, 7) is 7.99. The molecular weight excluding hydrogens is 276 g/mol. The van der Waals surface area contributed by atoms with Gasteiger partial charge in [-0.1, -0.05) is 13.0 Å². The third-order valence-corrected chi connectivity index (χ3v) is 5.07. The molecule has 0 amide bonds. The zero-order valence-electron chi connectivity index (χ0n) is 14.1. The fraction of sp³-hybridized carbons (Fsp3) is 0.667. The van der Waals surface area contributed by atoms with Gasteiger partial charge in [0.15, 0.2) is 0 Å². The normalized spacial score (nSPS) is 23.3. The molecule has 122 valence electrons. The topological polar surface area (TPSA) is 24.9 Å². The summed E-state index contributed by atoms with van der Waals surface area (Å²) < 4.78 is 11.1. The molecule has 4 nitrogen and oxygen atoms in total. The number of hydrogen-bond donors (Lipinski definition) is 0. The van der Waals surface area contributed by atoms with E-state index in [2.05, 4.69) is 35.9 Å². The lowest BCUT2D eigenvalue weighted by Crippen LogP contribution is -2.37. The average Bonchev–Trinajstić information content (AvgIpc) is 2.55. The predicted octanol–water partition coefficient (Wildman–Crippen LogP) is 2.29. The smallest absolute Gasteiger partial charge is 0.123 e. The van der Waals surface area contributed by atoms with Crippen LogP contribution in [0.3, 0.4) is 0 Å². The molecule has 3 rings (SSSR count). The van der Waals surface area contributed by atoms with Gasteiger partial charge in [-0.15, -0.1) is 0 Å². The van der Waals surface area contributed by atoms with Crippen LogP contribution in [0.15, 0.2) is 12.1 Å². The first-order valence-corrected chi connectivity index (χ1v) is 8.40. The van der Waals surface area contributed by atoms with Crippen molar-refractivity contribution in [2.75, 3.05) is 40.5 Å². The molecule has 1 aromatic carbocycles. The predicted molar refractivity (Wildman–Crippen MR) is 88.3 cm³/mol. The van der Waals surface area contributed by atoms with Crippen molar-refractivity contribution in [3.05, 3.63) is 28.8 Å². The van der Waals surface area contributed by atoms with Crippen LogP contribution in [0.25, 0.3) is 0 Å². The van der Waals surface area contributed by atoms with Crippen LogP contribution in [-0.4, -0.2) is 56.3 Å². The molecule has 1 unspecified atom stereocenters. The molecule has 0 saturated carbocycles. The number of rotatable bonds is 4. The number of likely N-dealkylation sites (N-methyl/N-ethyl adjacent to an activating group) is 1. The van der Waals surface area contributed by atoms with Gasteiger partial charge in [0.2, 0.25) is 0 Å². The second-order valence-corrected chi connectivity index (χ2v) is 6.50.